The number of hydrogen-bond donors (Lipinski definition) is 5. The van der Waals surface area contributed by atoms with Crippen molar-refractivity contribution >= 4 is 23.6 Å². The maximum Gasteiger partial charge on any atom is 0.237 e. The summed E-state index contributed by atoms with van der Waals surface area (Å²) < 4.78 is 0. The Hall–Kier alpha value is -0.910. The molecule has 1 saturated carbocycles. The van der Waals surface area contributed by atoms with Gasteiger partial charge in [0.2, 0.25) is 11.8 Å². The van der Waals surface area contributed by atoms with Gasteiger partial charge in [0, 0.05) is 29.8 Å². The number of nitrogens with one attached hydrogen (secondary N) is 4. The Bertz CT molecular complexity index is 699. The number of hydrogen-bond acceptors (Lipinski definition) is 8. The highest BCUT2D eigenvalue weighted by Gasteiger charge is 2.39. The maximum absolute atomic E-state index is 13.1. The number of rotatable bonds is 6. The molecule has 2 amide bonds. The highest BCUT2D eigenvalue weighted by atomic mass is 32.2. The van der Waals surface area contributed by atoms with Crippen molar-refractivity contribution in [3.05, 3.63) is 0 Å². The van der Waals surface area contributed by atoms with Crippen molar-refractivity contribution in [1.82, 2.24) is 31.3 Å². The molecule has 0 aromatic heterocycles. The summed E-state index contributed by atoms with van der Waals surface area (Å²) in [5.41, 5.74) is 6.79. The molecule has 3 aliphatic heterocycles. The number of nitrogens with zero attached hydrogens (tertiary/aromatic N) is 2. The largest absolute Gasteiger partial charge is 0.391 e. The Kier molecular flexibility index (Phi) is 8.56. The molecule has 10 heteroatoms. The lowest BCUT2D eigenvalue weighted by atomic mass is 9.83. The van der Waals surface area contributed by atoms with E-state index in [0.717, 1.165) is 32.4 Å². The van der Waals surface area contributed by atoms with Crippen molar-refractivity contribution in [2.24, 2.45) is 11.8 Å². The van der Waals surface area contributed by atoms with E-state index >= 15 is 0 Å². The first-order chi connectivity index (χ1) is 15.8. The fourth-order valence-corrected chi connectivity index (χ4v) is 7.19. The molecule has 0 spiro atoms. The number of β-amino-alcohol motifs (C(OH)–C–C–N with tert-alkyl or cyclic N) is 1. The van der Waals surface area contributed by atoms with Gasteiger partial charge < -0.3 is 20.6 Å². The number of aliphatic hydroxyl groups is 1. The number of likely N-dealkylation sites (tertiary alicyclic amines) is 1. The fraction of sp³-hybridized carbons (Fsp3) is 0.913. The van der Waals surface area contributed by atoms with Crippen LogP contribution in [0.3, 0.4) is 0 Å². The Morgan fingerprint density at radius 3 is 2.70 bits per heavy atom. The van der Waals surface area contributed by atoms with Crippen LogP contribution in [0.4, 0.5) is 0 Å². The lowest BCUT2D eigenvalue weighted by Crippen LogP contribution is -2.54. The van der Waals surface area contributed by atoms with E-state index in [1.807, 2.05) is 23.6 Å². The molecule has 188 valence electrons. The first-order valence-electron chi connectivity index (χ1n) is 12.7. The third-order valence-electron chi connectivity index (χ3n) is 7.93. The van der Waals surface area contributed by atoms with Crippen LogP contribution in [-0.4, -0.2) is 88.5 Å². The lowest BCUT2D eigenvalue weighted by Gasteiger charge is -2.36. The summed E-state index contributed by atoms with van der Waals surface area (Å²) in [6.45, 7) is 6.25. The summed E-state index contributed by atoms with van der Waals surface area (Å²) in [5.74, 6) is 0.577. The summed E-state index contributed by atoms with van der Waals surface area (Å²) in [4.78, 5) is 30.2. The molecule has 3 saturated heterocycles. The monoisotopic (exact) mass is 482 g/mol. The zero-order valence-electron chi connectivity index (χ0n) is 20.3. The molecular weight excluding hydrogens is 440 g/mol. The average Bonchev–Trinajstić information content (AvgIpc) is 3.37. The van der Waals surface area contributed by atoms with Gasteiger partial charge >= 0.3 is 0 Å². The molecule has 3 heterocycles. The second kappa shape index (κ2) is 11.2. The minimum absolute atomic E-state index is 0.0364. The molecule has 0 bridgehead atoms. The zero-order chi connectivity index (χ0) is 23.5. The van der Waals surface area contributed by atoms with Gasteiger partial charge in [-0.15, -0.1) is 11.8 Å². The normalized spacial score (nSPS) is 38.9. The highest BCUT2D eigenvalue weighted by molar-refractivity contribution is 8.00. The maximum atomic E-state index is 13.1. The molecule has 9 nitrogen and oxygen atoms in total. The Morgan fingerprint density at radius 1 is 1.18 bits per heavy atom. The minimum Gasteiger partial charge on any atom is -0.391 e. The number of amides is 2. The molecule has 4 fully saturated rings. The zero-order valence-corrected chi connectivity index (χ0v) is 21.1. The van der Waals surface area contributed by atoms with E-state index in [2.05, 4.69) is 40.4 Å². The van der Waals surface area contributed by atoms with Crippen molar-refractivity contribution in [1.29, 1.82) is 0 Å². The van der Waals surface area contributed by atoms with Crippen molar-refractivity contribution < 1.29 is 14.7 Å². The fourth-order valence-electron chi connectivity index (χ4n) is 5.88. The molecule has 4 aliphatic rings. The van der Waals surface area contributed by atoms with Crippen LogP contribution in [-0.2, 0) is 9.59 Å². The van der Waals surface area contributed by atoms with E-state index in [1.54, 1.807) is 0 Å². The molecule has 33 heavy (non-hydrogen) atoms. The van der Waals surface area contributed by atoms with Gasteiger partial charge in [0.25, 0.3) is 0 Å². The van der Waals surface area contributed by atoms with Gasteiger partial charge in [0.1, 0.15) is 5.50 Å². The molecule has 4 rings (SSSR count). The summed E-state index contributed by atoms with van der Waals surface area (Å²) in [5, 5.41) is 17.1. The van der Waals surface area contributed by atoms with Gasteiger partial charge in [-0.1, -0.05) is 13.3 Å². The SMILES string of the molecule is C[C@H](SC1NNCN1C)C1CCCC(NC(=O)C2CC(C(=O)N3C[C@H](O)C[C@H]3C)CCN2)C1. The predicted molar refractivity (Wildman–Crippen MR) is 130 cm³/mol. The van der Waals surface area contributed by atoms with Gasteiger partial charge in [-0.3, -0.25) is 14.5 Å². The topological polar surface area (TPSA) is 109 Å². The van der Waals surface area contributed by atoms with Gasteiger partial charge in [0.15, 0.2) is 0 Å². The molecular formula is C23H42N6O3S. The van der Waals surface area contributed by atoms with Gasteiger partial charge in [-0.25, -0.2) is 10.9 Å². The third-order valence-corrected chi connectivity index (χ3v) is 9.48. The summed E-state index contributed by atoms with van der Waals surface area (Å²) in [7, 11) is 2.11. The van der Waals surface area contributed by atoms with Crippen LogP contribution in [0.2, 0.25) is 0 Å². The van der Waals surface area contributed by atoms with E-state index in [-0.39, 0.29) is 41.4 Å². The first-order valence-corrected chi connectivity index (χ1v) is 13.6. The smallest absolute Gasteiger partial charge is 0.237 e. The van der Waals surface area contributed by atoms with Gasteiger partial charge in [-0.05, 0) is 65.0 Å². The molecule has 0 aromatic carbocycles. The molecule has 0 aromatic rings. The van der Waals surface area contributed by atoms with E-state index < -0.39 is 6.10 Å². The van der Waals surface area contributed by atoms with Gasteiger partial charge in [0.05, 0.1) is 18.8 Å². The highest BCUT2D eigenvalue weighted by Crippen LogP contribution is 2.35. The van der Waals surface area contributed by atoms with E-state index in [9.17, 15) is 14.7 Å². The molecule has 5 N–H and O–H groups in total. The van der Waals surface area contributed by atoms with Gasteiger partial charge in [-0.2, -0.15) is 0 Å². The number of hydrazine groups is 1. The van der Waals surface area contributed by atoms with Crippen LogP contribution in [0.1, 0.15) is 58.8 Å². The van der Waals surface area contributed by atoms with Crippen LogP contribution in [0.15, 0.2) is 0 Å². The third kappa shape index (κ3) is 6.21. The second-order valence-corrected chi connectivity index (χ2v) is 12.0. The van der Waals surface area contributed by atoms with E-state index in [4.69, 9.17) is 0 Å². The van der Waals surface area contributed by atoms with E-state index in [1.165, 1.54) is 6.42 Å². The van der Waals surface area contributed by atoms with Crippen LogP contribution in [0.25, 0.3) is 0 Å². The predicted octanol–water partition coefficient (Wildman–Crippen LogP) is 0.414. The standard InChI is InChI=1S/C23H42N6O3S/c1-14-9-19(30)12-29(14)22(32)17-7-8-24-20(11-17)21(31)26-18-6-4-5-16(10-18)15(2)33-23-27-25-13-28(23)3/h14-20,23-25,27,30H,4-13H2,1-3H3,(H,26,31)/t14-,15+,16?,17?,18?,19-,20?,23?/m1/s1. The van der Waals surface area contributed by atoms with Crippen molar-refractivity contribution in [2.75, 3.05) is 26.8 Å². The van der Waals surface area contributed by atoms with Crippen molar-refractivity contribution in [3.8, 4) is 0 Å². The summed E-state index contributed by atoms with van der Waals surface area (Å²) in [6, 6.07) is -0.0351. The number of carbonyl (C=O) groups is 2. The Balaban J connectivity index is 1.26. The second-order valence-electron chi connectivity index (χ2n) is 10.5. The Labute approximate surface area is 202 Å². The molecule has 0 radical (unpaired) electrons. The molecule has 1 aliphatic carbocycles. The number of carbonyl (C=O) groups excluding carboxylic acids is 2. The quantitative estimate of drug-likeness (QED) is 0.371. The van der Waals surface area contributed by atoms with Crippen molar-refractivity contribution in [2.45, 2.75) is 93.8 Å². The number of piperidine rings is 1. The summed E-state index contributed by atoms with van der Waals surface area (Å²) in [6.07, 6.45) is 5.90. The number of thioether (sulfide) groups is 1. The Morgan fingerprint density at radius 2 is 2.00 bits per heavy atom. The van der Waals surface area contributed by atoms with Crippen LogP contribution in [0.5, 0.6) is 0 Å². The summed E-state index contributed by atoms with van der Waals surface area (Å²) >= 11 is 1.95. The molecule has 8 atom stereocenters. The average molecular weight is 483 g/mol. The number of aliphatic hydroxyl groups excluding tert-OH is 1. The van der Waals surface area contributed by atoms with Crippen LogP contribution >= 0.6 is 11.8 Å². The van der Waals surface area contributed by atoms with Crippen molar-refractivity contribution in [3.63, 3.8) is 0 Å². The first kappa shape index (κ1) is 25.2. The van der Waals surface area contributed by atoms with Crippen LogP contribution < -0.4 is 21.5 Å². The molecule has 5 unspecified atom stereocenters. The van der Waals surface area contributed by atoms with E-state index in [0.29, 0.717) is 37.1 Å². The lowest BCUT2D eigenvalue weighted by molar-refractivity contribution is -0.138. The van der Waals surface area contributed by atoms with Crippen LogP contribution in [0, 0.1) is 11.8 Å². The minimum atomic E-state index is -0.425.